The number of benzene rings is 2. The maximum atomic E-state index is 11.7. The van der Waals surface area contributed by atoms with E-state index in [0.717, 1.165) is 47.3 Å². The quantitative estimate of drug-likeness (QED) is 0.549. The Kier molecular flexibility index (Phi) is 4.81. The molecule has 0 unspecified atom stereocenters. The molecule has 2 aromatic heterocycles. The van der Waals surface area contributed by atoms with Crippen molar-refractivity contribution >= 4 is 31.8 Å². The zero-order valence-electron chi connectivity index (χ0n) is 16.9. The Hall–Kier alpha value is -2.74. The van der Waals surface area contributed by atoms with Crippen LogP contribution in [0.5, 0.6) is 0 Å². The molecule has 2 aromatic carbocycles. The van der Waals surface area contributed by atoms with Crippen LogP contribution in [0.25, 0.3) is 33.1 Å². The fourth-order valence-corrected chi connectivity index (χ4v) is 4.96. The van der Waals surface area contributed by atoms with Gasteiger partial charge in [-0.2, -0.15) is 4.31 Å². The van der Waals surface area contributed by atoms with Gasteiger partial charge in [-0.1, -0.05) is 24.3 Å². The predicted octanol–water partition coefficient (Wildman–Crippen LogP) is 3.46. The lowest BCUT2D eigenvalue weighted by atomic mass is 10.1. The number of piperazine rings is 1. The number of sulfonamides is 1. The standard InChI is InChI=1S/C23H24N4O2S/c1-30(28,29)27-10-8-26(9-11-27)16-17-6-7-22-19(12-17)14-23(25-22)20-13-18-4-2-3-5-21(18)24-15-20/h2-7,12-15,25H,8-11,16H2,1H3. The van der Waals surface area contributed by atoms with E-state index in [-0.39, 0.29) is 0 Å². The van der Waals surface area contributed by atoms with Crippen LogP contribution in [0.4, 0.5) is 0 Å². The summed E-state index contributed by atoms with van der Waals surface area (Å²) < 4.78 is 24.9. The number of fused-ring (bicyclic) bond motifs is 2. The Labute approximate surface area is 176 Å². The second kappa shape index (κ2) is 7.50. The number of para-hydroxylation sites is 1. The highest BCUT2D eigenvalue weighted by Crippen LogP contribution is 2.27. The first kappa shape index (κ1) is 19.2. The van der Waals surface area contributed by atoms with Gasteiger partial charge in [-0.15, -0.1) is 0 Å². The number of nitrogens with zero attached hydrogens (tertiary/aromatic N) is 3. The molecule has 1 aliphatic heterocycles. The van der Waals surface area contributed by atoms with E-state index in [1.54, 1.807) is 4.31 Å². The van der Waals surface area contributed by atoms with Crippen LogP contribution in [0.15, 0.2) is 60.8 Å². The molecule has 1 N–H and O–H groups in total. The van der Waals surface area contributed by atoms with E-state index in [4.69, 9.17) is 0 Å². The van der Waals surface area contributed by atoms with Gasteiger partial charge < -0.3 is 4.98 Å². The Morgan fingerprint density at radius 3 is 2.57 bits per heavy atom. The molecule has 3 heterocycles. The fraction of sp³-hybridized carbons (Fsp3) is 0.261. The maximum absolute atomic E-state index is 11.7. The predicted molar refractivity (Wildman–Crippen MR) is 121 cm³/mol. The number of aromatic nitrogens is 2. The van der Waals surface area contributed by atoms with Gasteiger partial charge in [-0.25, -0.2) is 8.42 Å². The first-order chi connectivity index (χ1) is 14.5. The Morgan fingerprint density at radius 1 is 0.967 bits per heavy atom. The van der Waals surface area contributed by atoms with E-state index < -0.39 is 10.0 Å². The highest BCUT2D eigenvalue weighted by Gasteiger charge is 2.23. The Balaban J connectivity index is 1.35. The zero-order valence-corrected chi connectivity index (χ0v) is 17.7. The molecule has 1 saturated heterocycles. The molecule has 5 rings (SSSR count). The lowest BCUT2D eigenvalue weighted by Gasteiger charge is -2.33. The van der Waals surface area contributed by atoms with Gasteiger partial charge in [0, 0.05) is 66.5 Å². The SMILES string of the molecule is CS(=O)(=O)N1CCN(Cc2ccc3[nH]c(-c4cnc5ccccc5c4)cc3c2)CC1. The van der Waals surface area contributed by atoms with Crippen molar-refractivity contribution in [3.63, 3.8) is 0 Å². The van der Waals surface area contributed by atoms with Crippen LogP contribution in [0.3, 0.4) is 0 Å². The van der Waals surface area contributed by atoms with Gasteiger partial charge in [0.1, 0.15) is 0 Å². The van der Waals surface area contributed by atoms with E-state index in [1.165, 1.54) is 17.2 Å². The van der Waals surface area contributed by atoms with Gasteiger partial charge in [0.15, 0.2) is 0 Å². The summed E-state index contributed by atoms with van der Waals surface area (Å²) >= 11 is 0. The summed E-state index contributed by atoms with van der Waals surface area (Å²) in [6, 6.07) is 18.9. The fourth-order valence-electron chi connectivity index (χ4n) is 4.13. The first-order valence-corrected chi connectivity index (χ1v) is 11.9. The third-order valence-electron chi connectivity index (χ3n) is 5.79. The molecule has 0 spiro atoms. The minimum absolute atomic E-state index is 0.560. The average molecular weight is 421 g/mol. The second-order valence-electron chi connectivity index (χ2n) is 7.96. The summed E-state index contributed by atoms with van der Waals surface area (Å²) in [6.07, 6.45) is 3.19. The molecule has 0 amide bonds. The molecule has 7 heteroatoms. The summed E-state index contributed by atoms with van der Waals surface area (Å²) in [4.78, 5) is 10.4. The minimum Gasteiger partial charge on any atom is -0.354 e. The number of nitrogens with one attached hydrogen (secondary N) is 1. The minimum atomic E-state index is -3.09. The molecule has 6 nitrogen and oxygen atoms in total. The summed E-state index contributed by atoms with van der Waals surface area (Å²) in [6.45, 7) is 3.46. The Morgan fingerprint density at radius 2 is 1.77 bits per heavy atom. The van der Waals surface area contributed by atoms with Crippen molar-refractivity contribution in [2.45, 2.75) is 6.54 Å². The number of aromatic amines is 1. The van der Waals surface area contributed by atoms with Gasteiger partial charge in [-0.3, -0.25) is 9.88 Å². The van der Waals surface area contributed by atoms with Gasteiger partial charge >= 0.3 is 0 Å². The van der Waals surface area contributed by atoms with E-state index in [1.807, 2.05) is 24.4 Å². The highest BCUT2D eigenvalue weighted by atomic mass is 32.2. The van der Waals surface area contributed by atoms with Crippen LogP contribution in [-0.4, -0.2) is 60.0 Å². The van der Waals surface area contributed by atoms with Crippen molar-refractivity contribution in [3.05, 3.63) is 66.4 Å². The van der Waals surface area contributed by atoms with Gasteiger partial charge in [0.05, 0.1) is 11.8 Å². The van der Waals surface area contributed by atoms with Gasteiger partial charge in [-0.05, 0) is 35.9 Å². The summed E-state index contributed by atoms with van der Waals surface area (Å²) in [7, 11) is -3.09. The molecule has 0 saturated carbocycles. The average Bonchev–Trinajstić information content (AvgIpc) is 3.16. The molecule has 0 atom stereocenters. The van der Waals surface area contributed by atoms with E-state index >= 15 is 0 Å². The van der Waals surface area contributed by atoms with Crippen molar-refractivity contribution in [1.82, 2.24) is 19.2 Å². The smallest absolute Gasteiger partial charge is 0.211 e. The molecule has 154 valence electrons. The third kappa shape index (κ3) is 3.84. The van der Waals surface area contributed by atoms with Crippen molar-refractivity contribution in [1.29, 1.82) is 0 Å². The van der Waals surface area contributed by atoms with E-state index in [0.29, 0.717) is 13.1 Å². The van der Waals surface area contributed by atoms with E-state index in [9.17, 15) is 8.42 Å². The monoisotopic (exact) mass is 420 g/mol. The van der Waals surface area contributed by atoms with Crippen LogP contribution in [-0.2, 0) is 16.6 Å². The van der Waals surface area contributed by atoms with E-state index in [2.05, 4.69) is 51.3 Å². The molecular weight excluding hydrogens is 396 g/mol. The normalized spacial score (nSPS) is 16.4. The number of hydrogen-bond acceptors (Lipinski definition) is 4. The van der Waals surface area contributed by atoms with Crippen LogP contribution in [0.1, 0.15) is 5.56 Å². The zero-order chi connectivity index (χ0) is 20.7. The first-order valence-electron chi connectivity index (χ1n) is 10.1. The van der Waals surface area contributed by atoms with Crippen LogP contribution in [0.2, 0.25) is 0 Å². The van der Waals surface area contributed by atoms with Gasteiger partial charge in [0.25, 0.3) is 0 Å². The van der Waals surface area contributed by atoms with Crippen LogP contribution < -0.4 is 0 Å². The summed E-state index contributed by atoms with van der Waals surface area (Å²) in [5.74, 6) is 0. The number of H-pyrrole nitrogens is 1. The van der Waals surface area contributed by atoms with Crippen molar-refractivity contribution < 1.29 is 8.42 Å². The molecule has 1 aliphatic rings. The lowest BCUT2D eigenvalue weighted by Crippen LogP contribution is -2.47. The largest absolute Gasteiger partial charge is 0.354 e. The summed E-state index contributed by atoms with van der Waals surface area (Å²) in [5, 5.41) is 2.30. The molecular formula is C23H24N4O2S. The second-order valence-corrected chi connectivity index (χ2v) is 9.94. The molecule has 0 radical (unpaired) electrons. The number of pyridine rings is 1. The summed E-state index contributed by atoms with van der Waals surface area (Å²) in [5.41, 5.74) is 5.46. The lowest BCUT2D eigenvalue weighted by molar-refractivity contribution is 0.182. The molecule has 1 fully saturated rings. The topological polar surface area (TPSA) is 69.3 Å². The van der Waals surface area contributed by atoms with Crippen molar-refractivity contribution in [2.24, 2.45) is 0 Å². The number of rotatable bonds is 4. The highest BCUT2D eigenvalue weighted by molar-refractivity contribution is 7.88. The van der Waals surface area contributed by atoms with Crippen molar-refractivity contribution in [2.75, 3.05) is 32.4 Å². The van der Waals surface area contributed by atoms with Crippen LogP contribution >= 0.6 is 0 Å². The Bertz CT molecular complexity index is 1320. The number of hydrogen-bond donors (Lipinski definition) is 1. The molecule has 0 aliphatic carbocycles. The third-order valence-corrected chi connectivity index (χ3v) is 7.10. The molecule has 4 aromatic rings. The van der Waals surface area contributed by atoms with Gasteiger partial charge in [0.2, 0.25) is 10.0 Å². The van der Waals surface area contributed by atoms with Crippen molar-refractivity contribution in [3.8, 4) is 11.3 Å². The molecule has 30 heavy (non-hydrogen) atoms. The molecule has 0 bridgehead atoms. The van der Waals surface area contributed by atoms with Crippen LogP contribution in [0, 0.1) is 0 Å². The maximum Gasteiger partial charge on any atom is 0.211 e.